The van der Waals surface area contributed by atoms with Crippen molar-refractivity contribution in [1.82, 2.24) is 4.57 Å². The van der Waals surface area contributed by atoms with Crippen molar-refractivity contribution < 1.29 is 14.3 Å². The summed E-state index contributed by atoms with van der Waals surface area (Å²) in [6.07, 6.45) is 9.66. The number of esters is 1. The van der Waals surface area contributed by atoms with Crippen LogP contribution in [-0.4, -0.2) is 24.3 Å². The van der Waals surface area contributed by atoms with Crippen LogP contribution in [0.3, 0.4) is 0 Å². The zero-order valence-electron chi connectivity index (χ0n) is 18.0. The number of hydrogen-bond acceptors (Lipinski definition) is 3. The number of nitrogens with zero attached hydrogens (tertiary/aromatic N) is 1. The highest BCUT2D eigenvalue weighted by Gasteiger charge is 2.16. The lowest BCUT2D eigenvalue weighted by molar-refractivity contribution is -0.140. The summed E-state index contributed by atoms with van der Waals surface area (Å²) in [5, 5.41) is 1.22. The third kappa shape index (κ3) is 4.69. The molecule has 4 rings (SSSR count). The van der Waals surface area contributed by atoms with Crippen LogP contribution in [0.15, 0.2) is 48.7 Å². The maximum atomic E-state index is 11.6. The highest BCUT2D eigenvalue weighted by molar-refractivity contribution is 5.87. The van der Waals surface area contributed by atoms with E-state index in [0.717, 1.165) is 29.0 Å². The molecule has 2 aromatic carbocycles. The summed E-state index contributed by atoms with van der Waals surface area (Å²) in [7, 11) is 3.50. The first-order valence-electron chi connectivity index (χ1n) is 11.0. The fourth-order valence-electron chi connectivity index (χ4n) is 4.44. The lowest BCUT2D eigenvalue weighted by Crippen LogP contribution is -2.15. The van der Waals surface area contributed by atoms with Crippen LogP contribution in [0, 0.1) is 5.92 Å². The van der Waals surface area contributed by atoms with Crippen LogP contribution in [0.4, 0.5) is 0 Å². The topological polar surface area (TPSA) is 40.5 Å². The van der Waals surface area contributed by atoms with Gasteiger partial charge in [-0.2, -0.15) is 0 Å². The molecule has 0 aliphatic heterocycles. The zero-order chi connectivity index (χ0) is 20.9. The number of aromatic nitrogens is 1. The average molecular weight is 406 g/mol. The Morgan fingerprint density at radius 1 is 1.07 bits per heavy atom. The third-order valence-electron chi connectivity index (χ3n) is 6.28. The number of carbonyl (C=O) groups is 1. The Morgan fingerprint density at radius 2 is 1.90 bits per heavy atom. The second kappa shape index (κ2) is 9.38. The van der Waals surface area contributed by atoms with Crippen LogP contribution in [0.1, 0.15) is 44.1 Å². The summed E-state index contributed by atoms with van der Waals surface area (Å²) in [5.74, 6) is 1.40. The molecule has 0 atom stereocenters. The summed E-state index contributed by atoms with van der Waals surface area (Å²) in [6.45, 7) is 0.780. The van der Waals surface area contributed by atoms with Crippen molar-refractivity contribution in [3.8, 4) is 16.9 Å². The summed E-state index contributed by atoms with van der Waals surface area (Å²) in [5.41, 5.74) is 4.57. The van der Waals surface area contributed by atoms with E-state index in [1.165, 1.54) is 50.1 Å². The first-order valence-corrected chi connectivity index (χ1v) is 11.0. The van der Waals surface area contributed by atoms with Crippen molar-refractivity contribution >= 4 is 16.9 Å². The van der Waals surface area contributed by atoms with Gasteiger partial charge in [-0.1, -0.05) is 31.4 Å². The smallest absolute Gasteiger partial charge is 0.305 e. The molecule has 0 spiro atoms. The molecule has 4 nitrogen and oxygen atoms in total. The first-order chi connectivity index (χ1) is 14.6. The standard InChI is InChI=1S/C26H31NO3/c1-27-15-14-22-17-21(10-11-24(22)27)23-16-19(9-13-26(28)29-2)8-12-25(23)30-18-20-6-4-3-5-7-20/h8,10-12,14-17,20H,3-7,9,13,18H2,1-2H3. The summed E-state index contributed by atoms with van der Waals surface area (Å²) in [6, 6.07) is 15.0. The SMILES string of the molecule is COC(=O)CCc1ccc(OCC2CCCCC2)c(-c2ccc3c(ccn3C)c2)c1. The van der Waals surface area contributed by atoms with Crippen molar-refractivity contribution in [3.05, 3.63) is 54.2 Å². The Hall–Kier alpha value is -2.75. The predicted molar refractivity (Wildman–Crippen MR) is 121 cm³/mol. The molecule has 0 N–H and O–H groups in total. The highest BCUT2D eigenvalue weighted by Crippen LogP contribution is 2.35. The Kier molecular flexibility index (Phi) is 6.41. The number of benzene rings is 2. The van der Waals surface area contributed by atoms with Gasteiger partial charge in [0.1, 0.15) is 5.75 Å². The van der Waals surface area contributed by atoms with Crippen molar-refractivity contribution in [3.63, 3.8) is 0 Å². The quantitative estimate of drug-likeness (QED) is 0.459. The molecule has 4 heteroatoms. The van der Waals surface area contributed by atoms with E-state index in [2.05, 4.69) is 60.3 Å². The summed E-state index contributed by atoms with van der Waals surface area (Å²) < 4.78 is 13.3. The molecule has 0 radical (unpaired) electrons. The van der Waals surface area contributed by atoms with Crippen LogP contribution in [-0.2, 0) is 23.0 Å². The van der Waals surface area contributed by atoms with E-state index in [1.54, 1.807) is 0 Å². The van der Waals surface area contributed by atoms with Gasteiger partial charge in [-0.15, -0.1) is 0 Å². The first kappa shape index (κ1) is 20.5. The molecule has 0 amide bonds. The van der Waals surface area contributed by atoms with E-state index < -0.39 is 0 Å². The Balaban J connectivity index is 1.62. The van der Waals surface area contributed by atoms with Gasteiger partial charge in [0.05, 0.1) is 13.7 Å². The predicted octanol–water partition coefficient (Wildman–Crippen LogP) is 5.91. The number of hydrogen-bond donors (Lipinski definition) is 0. The van der Waals surface area contributed by atoms with E-state index in [0.29, 0.717) is 18.8 Å². The number of rotatable bonds is 7. The van der Waals surface area contributed by atoms with Gasteiger partial charge in [0.2, 0.25) is 0 Å². The van der Waals surface area contributed by atoms with Crippen molar-refractivity contribution in [2.24, 2.45) is 13.0 Å². The van der Waals surface area contributed by atoms with Crippen LogP contribution < -0.4 is 4.74 Å². The fourth-order valence-corrected chi connectivity index (χ4v) is 4.44. The van der Waals surface area contributed by atoms with Crippen LogP contribution >= 0.6 is 0 Å². The summed E-state index contributed by atoms with van der Waals surface area (Å²) in [4.78, 5) is 11.6. The van der Waals surface area contributed by atoms with E-state index in [4.69, 9.17) is 9.47 Å². The molecule has 0 unspecified atom stereocenters. The Bertz CT molecular complexity index is 1010. The van der Waals surface area contributed by atoms with Crippen LogP contribution in [0.2, 0.25) is 0 Å². The van der Waals surface area contributed by atoms with E-state index in [-0.39, 0.29) is 5.97 Å². The number of ether oxygens (including phenoxy) is 2. The molecule has 0 saturated heterocycles. The van der Waals surface area contributed by atoms with Crippen LogP contribution in [0.25, 0.3) is 22.0 Å². The molecule has 3 aromatic rings. The molecule has 158 valence electrons. The molecule has 1 aliphatic carbocycles. The van der Waals surface area contributed by atoms with Gasteiger partial charge in [-0.3, -0.25) is 4.79 Å². The molecule has 1 saturated carbocycles. The van der Waals surface area contributed by atoms with Crippen molar-refractivity contribution in [2.45, 2.75) is 44.9 Å². The Labute approximate surface area is 178 Å². The third-order valence-corrected chi connectivity index (χ3v) is 6.28. The largest absolute Gasteiger partial charge is 0.493 e. The second-order valence-electron chi connectivity index (χ2n) is 8.42. The fraction of sp³-hybridized carbons (Fsp3) is 0.423. The molecule has 1 aliphatic rings. The maximum Gasteiger partial charge on any atom is 0.305 e. The molecule has 30 heavy (non-hydrogen) atoms. The molecule has 1 fully saturated rings. The van der Waals surface area contributed by atoms with E-state index in [1.807, 2.05) is 0 Å². The zero-order valence-corrected chi connectivity index (χ0v) is 18.0. The molecular weight excluding hydrogens is 374 g/mol. The number of carbonyl (C=O) groups excluding carboxylic acids is 1. The lowest BCUT2D eigenvalue weighted by atomic mass is 9.90. The van der Waals surface area contributed by atoms with Gasteiger partial charge in [0.25, 0.3) is 0 Å². The average Bonchev–Trinajstić information content (AvgIpc) is 3.17. The van der Waals surface area contributed by atoms with Gasteiger partial charge in [0, 0.05) is 36.1 Å². The van der Waals surface area contributed by atoms with Gasteiger partial charge in [0.15, 0.2) is 0 Å². The molecule has 1 aromatic heterocycles. The minimum absolute atomic E-state index is 0.181. The molecule has 1 heterocycles. The minimum atomic E-state index is -0.181. The van der Waals surface area contributed by atoms with E-state index >= 15 is 0 Å². The number of aryl methyl sites for hydroxylation is 2. The van der Waals surface area contributed by atoms with E-state index in [9.17, 15) is 4.79 Å². The second-order valence-corrected chi connectivity index (χ2v) is 8.42. The molecule has 0 bridgehead atoms. The normalized spacial score (nSPS) is 14.7. The van der Waals surface area contributed by atoms with Gasteiger partial charge < -0.3 is 14.0 Å². The van der Waals surface area contributed by atoms with Gasteiger partial charge >= 0.3 is 5.97 Å². The summed E-state index contributed by atoms with van der Waals surface area (Å²) >= 11 is 0. The van der Waals surface area contributed by atoms with Crippen molar-refractivity contribution in [1.29, 1.82) is 0 Å². The van der Waals surface area contributed by atoms with Crippen molar-refractivity contribution in [2.75, 3.05) is 13.7 Å². The van der Waals surface area contributed by atoms with Gasteiger partial charge in [-0.25, -0.2) is 0 Å². The Morgan fingerprint density at radius 3 is 2.70 bits per heavy atom. The maximum absolute atomic E-state index is 11.6. The highest BCUT2D eigenvalue weighted by atomic mass is 16.5. The number of fused-ring (bicyclic) bond motifs is 1. The van der Waals surface area contributed by atoms with Gasteiger partial charge in [-0.05, 0) is 66.6 Å². The lowest BCUT2D eigenvalue weighted by Gasteiger charge is -2.23. The minimum Gasteiger partial charge on any atom is -0.493 e. The van der Waals surface area contributed by atoms with Crippen LogP contribution in [0.5, 0.6) is 5.75 Å². The monoisotopic (exact) mass is 405 g/mol. The number of methoxy groups -OCH3 is 1. The molecular formula is C26H31NO3.